The average molecular weight is 266 g/mol. The second-order valence-corrected chi connectivity index (χ2v) is 4.70. The van der Waals surface area contributed by atoms with Crippen molar-refractivity contribution in [1.82, 2.24) is 4.98 Å². The molecular formula is C12H14N2O3S. The van der Waals surface area contributed by atoms with Gasteiger partial charge in [0.1, 0.15) is 6.26 Å². The minimum atomic E-state index is -0.461. The van der Waals surface area contributed by atoms with Crippen molar-refractivity contribution in [2.45, 2.75) is 13.5 Å². The molecule has 2 rings (SSSR count). The lowest BCUT2D eigenvalue weighted by Crippen LogP contribution is -2.16. The molecule has 0 aromatic carbocycles. The van der Waals surface area contributed by atoms with Crippen LogP contribution in [0.3, 0.4) is 0 Å². The van der Waals surface area contributed by atoms with Crippen molar-refractivity contribution >= 4 is 23.3 Å². The maximum Gasteiger partial charge on any atom is 0.360 e. The highest BCUT2D eigenvalue weighted by molar-refractivity contribution is 7.09. The summed E-state index contributed by atoms with van der Waals surface area (Å²) >= 11 is 1.66. The Morgan fingerprint density at radius 3 is 3.11 bits per heavy atom. The van der Waals surface area contributed by atoms with Gasteiger partial charge in [0.15, 0.2) is 5.69 Å². The maximum absolute atomic E-state index is 11.4. The van der Waals surface area contributed by atoms with Gasteiger partial charge in [-0.3, -0.25) is 0 Å². The van der Waals surface area contributed by atoms with Crippen LogP contribution in [-0.4, -0.2) is 24.6 Å². The Morgan fingerprint density at radius 2 is 2.44 bits per heavy atom. The lowest BCUT2D eigenvalue weighted by Gasteiger charge is -2.12. The third-order valence-electron chi connectivity index (χ3n) is 2.28. The van der Waals surface area contributed by atoms with E-state index >= 15 is 0 Å². The summed E-state index contributed by atoms with van der Waals surface area (Å²) in [6, 6.07) is 4.44. The molecule has 0 saturated carbocycles. The fourth-order valence-corrected chi connectivity index (χ4v) is 2.20. The molecule has 2 aromatic heterocycles. The van der Waals surface area contributed by atoms with Gasteiger partial charge in [0.25, 0.3) is 6.01 Å². The van der Waals surface area contributed by atoms with E-state index < -0.39 is 5.97 Å². The molecular weight excluding hydrogens is 252 g/mol. The number of oxazole rings is 1. The molecule has 2 aromatic rings. The zero-order valence-electron chi connectivity index (χ0n) is 10.3. The molecule has 0 radical (unpaired) electrons. The lowest BCUT2D eigenvalue weighted by atomic mass is 10.4. The van der Waals surface area contributed by atoms with Gasteiger partial charge >= 0.3 is 5.97 Å². The quantitative estimate of drug-likeness (QED) is 0.778. The van der Waals surface area contributed by atoms with Crippen molar-refractivity contribution in [2.24, 2.45) is 0 Å². The summed E-state index contributed by atoms with van der Waals surface area (Å²) in [6.45, 7) is 2.77. The van der Waals surface area contributed by atoms with E-state index in [0.717, 1.165) is 0 Å². The molecule has 0 bridgehead atoms. The van der Waals surface area contributed by atoms with E-state index in [4.69, 9.17) is 9.15 Å². The Morgan fingerprint density at radius 1 is 1.61 bits per heavy atom. The van der Waals surface area contributed by atoms with Crippen molar-refractivity contribution in [2.75, 3.05) is 18.6 Å². The topological polar surface area (TPSA) is 55.6 Å². The molecule has 0 aliphatic heterocycles. The number of aromatic nitrogens is 1. The summed E-state index contributed by atoms with van der Waals surface area (Å²) in [5.41, 5.74) is 0.199. The van der Waals surface area contributed by atoms with E-state index in [9.17, 15) is 4.79 Å². The van der Waals surface area contributed by atoms with E-state index in [1.165, 1.54) is 11.1 Å². The molecule has 0 unspecified atom stereocenters. The largest absolute Gasteiger partial charge is 0.461 e. The molecule has 6 heteroatoms. The molecule has 0 N–H and O–H groups in total. The summed E-state index contributed by atoms with van der Waals surface area (Å²) in [7, 11) is 1.86. The molecule has 0 aliphatic rings. The van der Waals surface area contributed by atoms with Gasteiger partial charge < -0.3 is 14.1 Å². The van der Waals surface area contributed by atoms with Crippen LogP contribution in [0.15, 0.2) is 28.2 Å². The number of hydrogen-bond donors (Lipinski definition) is 0. The molecule has 2 heterocycles. The van der Waals surface area contributed by atoms with Gasteiger partial charge in [0, 0.05) is 11.9 Å². The molecule has 0 saturated heterocycles. The van der Waals surface area contributed by atoms with Crippen molar-refractivity contribution in [3.63, 3.8) is 0 Å². The van der Waals surface area contributed by atoms with Crippen molar-refractivity contribution < 1.29 is 13.9 Å². The second kappa shape index (κ2) is 5.68. The van der Waals surface area contributed by atoms with E-state index in [2.05, 4.69) is 4.98 Å². The standard InChI is InChI=1S/C12H14N2O3S/c1-3-16-11(15)10-8-17-12(13-10)14(2)7-9-5-4-6-18-9/h4-6,8H,3,7H2,1-2H3. The first kappa shape index (κ1) is 12.6. The van der Waals surface area contributed by atoms with Crippen LogP contribution in [0.25, 0.3) is 0 Å². The van der Waals surface area contributed by atoms with Crippen molar-refractivity contribution in [3.05, 3.63) is 34.3 Å². The van der Waals surface area contributed by atoms with Gasteiger partial charge in [-0.2, -0.15) is 4.98 Å². The summed E-state index contributed by atoms with van der Waals surface area (Å²) in [5.74, 6) is -0.461. The normalized spacial score (nSPS) is 10.3. The smallest absolute Gasteiger partial charge is 0.360 e. The van der Waals surface area contributed by atoms with E-state index in [1.54, 1.807) is 18.3 Å². The number of anilines is 1. The Labute approximate surface area is 109 Å². The first-order valence-corrected chi connectivity index (χ1v) is 6.45. The zero-order valence-corrected chi connectivity index (χ0v) is 11.1. The van der Waals surface area contributed by atoms with E-state index in [0.29, 0.717) is 19.2 Å². The maximum atomic E-state index is 11.4. The average Bonchev–Trinajstić information content (AvgIpc) is 2.99. The summed E-state index contributed by atoms with van der Waals surface area (Å²) in [6.07, 6.45) is 1.32. The number of ether oxygens (including phenoxy) is 1. The Bertz CT molecular complexity index is 507. The molecule has 18 heavy (non-hydrogen) atoms. The lowest BCUT2D eigenvalue weighted by molar-refractivity contribution is 0.0519. The second-order valence-electron chi connectivity index (χ2n) is 3.67. The SMILES string of the molecule is CCOC(=O)c1coc(N(C)Cc2cccs2)n1. The number of esters is 1. The highest BCUT2D eigenvalue weighted by Gasteiger charge is 2.15. The van der Waals surface area contributed by atoms with Gasteiger partial charge in [-0.05, 0) is 18.4 Å². The molecule has 0 amide bonds. The van der Waals surface area contributed by atoms with Gasteiger partial charge in [-0.1, -0.05) is 6.07 Å². The first-order valence-electron chi connectivity index (χ1n) is 5.57. The molecule has 96 valence electrons. The minimum absolute atomic E-state index is 0.199. The van der Waals surface area contributed by atoms with Gasteiger partial charge in [-0.25, -0.2) is 4.79 Å². The van der Waals surface area contributed by atoms with Crippen LogP contribution >= 0.6 is 11.3 Å². The molecule has 0 spiro atoms. The van der Waals surface area contributed by atoms with Crippen LogP contribution in [0.5, 0.6) is 0 Å². The highest BCUT2D eigenvalue weighted by Crippen LogP contribution is 2.17. The van der Waals surface area contributed by atoms with Crippen LogP contribution in [0.4, 0.5) is 6.01 Å². The summed E-state index contributed by atoms with van der Waals surface area (Å²) in [4.78, 5) is 18.6. The number of carbonyl (C=O) groups excluding carboxylic acids is 1. The first-order chi connectivity index (χ1) is 8.70. The third-order valence-corrected chi connectivity index (χ3v) is 3.14. The molecule has 0 atom stereocenters. The minimum Gasteiger partial charge on any atom is -0.461 e. The zero-order chi connectivity index (χ0) is 13.0. The van der Waals surface area contributed by atoms with Gasteiger partial charge in [0.05, 0.1) is 13.2 Å². The van der Waals surface area contributed by atoms with Crippen LogP contribution < -0.4 is 4.90 Å². The summed E-state index contributed by atoms with van der Waals surface area (Å²) in [5, 5.41) is 2.02. The number of carbonyl (C=O) groups is 1. The number of rotatable bonds is 5. The van der Waals surface area contributed by atoms with E-state index in [1.807, 2.05) is 29.5 Å². The Hall–Kier alpha value is -1.82. The van der Waals surface area contributed by atoms with Crippen molar-refractivity contribution in [3.8, 4) is 0 Å². The monoisotopic (exact) mass is 266 g/mol. The molecule has 5 nitrogen and oxygen atoms in total. The number of nitrogens with zero attached hydrogens (tertiary/aromatic N) is 2. The number of hydrogen-bond acceptors (Lipinski definition) is 6. The predicted octanol–water partition coefficient (Wildman–Crippen LogP) is 2.55. The van der Waals surface area contributed by atoms with Crippen LogP contribution in [0.2, 0.25) is 0 Å². The van der Waals surface area contributed by atoms with E-state index in [-0.39, 0.29) is 5.69 Å². The Kier molecular flexibility index (Phi) is 3.99. The molecule has 0 fully saturated rings. The van der Waals surface area contributed by atoms with Crippen LogP contribution in [0.1, 0.15) is 22.3 Å². The predicted molar refractivity (Wildman–Crippen MR) is 68.9 cm³/mol. The fraction of sp³-hybridized carbons (Fsp3) is 0.333. The van der Waals surface area contributed by atoms with Crippen LogP contribution in [-0.2, 0) is 11.3 Å². The van der Waals surface area contributed by atoms with Crippen molar-refractivity contribution in [1.29, 1.82) is 0 Å². The van der Waals surface area contributed by atoms with Gasteiger partial charge in [0.2, 0.25) is 0 Å². The fourth-order valence-electron chi connectivity index (χ4n) is 1.44. The number of thiophene rings is 1. The summed E-state index contributed by atoms with van der Waals surface area (Å²) < 4.78 is 10.1. The molecule has 0 aliphatic carbocycles. The highest BCUT2D eigenvalue weighted by atomic mass is 32.1. The third kappa shape index (κ3) is 2.89. The van der Waals surface area contributed by atoms with Gasteiger partial charge in [-0.15, -0.1) is 11.3 Å². The Balaban J connectivity index is 2.03. The van der Waals surface area contributed by atoms with Crippen LogP contribution in [0, 0.1) is 0 Å².